The number of hydrogen-bond acceptors (Lipinski definition) is 4. The van der Waals surface area contributed by atoms with Crippen LogP contribution in [0.25, 0.3) is 20.9 Å². The molecule has 0 aliphatic carbocycles. The van der Waals surface area contributed by atoms with Crippen LogP contribution in [0, 0.1) is 5.82 Å². The van der Waals surface area contributed by atoms with E-state index in [9.17, 15) is 14.0 Å². The van der Waals surface area contributed by atoms with Crippen LogP contribution in [0.1, 0.15) is 38.5 Å². The predicted molar refractivity (Wildman–Crippen MR) is 90.6 cm³/mol. The fourth-order valence-electron chi connectivity index (χ4n) is 2.34. The minimum Gasteiger partial charge on any atom is -0.297 e. The molecule has 136 valence electrons. The maximum atomic E-state index is 13.8. The van der Waals surface area contributed by atoms with Gasteiger partial charge in [0.1, 0.15) is 0 Å². The minimum atomic E-state index is -0.956. The van der Waals surface area contributed by atoms with Crippen molar-refractivity contribution in [2.45, 2.75) is 51.6 Å². The van der Waals surface area contributed by atoms with Crippen LogP contribution in [0.2, 0.25) is 0 Å². The molecule has 0 bridgehead atoms. The largest absolute Gasteiger partial charge is 0.331 e. The lowest BCUT2D eigenvalue weighted by Gasteiger charge is -2.10. The summed E-state index contributed by atoms with van der Waals surface area (Å²) in [6.45, 7) is 1.16. The maximum absolute atomic E-state index is 13.8. The molecule has 1 heterocycles. The number of nitrogens with zero attached hydrogens (tertiary/aromatic N) is 8. The van der Waals surface area contributed by atoms with Crippen LogP contribution in [0.5, 0.6) is 0 Å². The van der Waals surface area contributed by atoms with E-state index in [-0.39, 0.29) is 6.54 Å². The van der Waals surface area contributed by atoms with Gasteiger partial charge < -0.3 is 0 Å². The van der Waals surface area contributed by atoms with Gasteiger partial charge in [0.15, 0.2) is 0 Å². The van der Waals surface area contributed by atoms with E-state index < -0.39 is 17.1 Å². The first-order valence-corrected chi connectivity index (χ1v) is 8.13. The molecule has 0 saturated carbocycles. The van der Waals surface area contributed by atoms with Gasteiger partial charge in [-0.25, -0.2) is 4.79 Å². The van der Waals surface area contributed by atoms with E-state index in [1.54, 1.807) is 0 Å². The van der Waals surface area contributed by atoms with Gasteiger partial charge in [0.05, 0.1) is 6.20 Å². The summed E-state index contributed by atoms with van der Waals surface area (Å²) in [5, 5.41) is 6.81. The average molecular weight is 352 g/mol. The lowest BCUT2D eigenvalue weighted by molar-refractivity contribution is 0.461. The molecule has 25 heavy (non-hydrogen) atoms. The Hall–Kier alpha value is -2.77. The van der Waals surface area contributed by atoms with Crippen molar-refractivity contribution in [2.24, 2.45) is 10.2 Å². The highest BCUT2D eigenvalue weighted by molar-refractivity contribution is 4.90. The van der Waals surface area contributed by atoms with Crippen LogP contribution >= 0.6 is 0 Å². The van der Waals surface area contributed by atoms with Crippen LogP contribution < -0.4 is 11.2 Å². The second-order valence-corrected chi connectivity index (χ2v) is 5.44. The smallest absolute Gasteiger partial charge is 0.297 e. The molecule has 11 heteroatoms. The fourth-order valence-corrected chi connectivity index (χ4v) is 2.34. The average Bonchev–Trinajstić information content (AvgIpc) is 2.60. The molecule has 0 atom stereocenters. The molecular formula is C14H21FN8O2. The van der Waals surface area contributed by atoms with Gasteiger partial charge in [-0.15, -0.1) is 0 Å². The van der Waals surface area contributed by atoms with Crippen molar-refractivity contribution in [3.05, 3.63) is 53.7 Å². The van der Waals surface area contributed by atoms with Crippen molar-refractivity contribution in [3.8, 4) is 0 Å². The molecule has 1 aromatic rings. The fraction of sp³-hybridized carbons (Fsp3) is 0.714. The Morgan fingerprint density at radius 3 is 2.04 bits per heavy atom. The van der Waals surface area contributed by atoms with Crippen molar-refractivity contribution in [1.29, 1.82) is 0 Å². The van der Waals surface area contributed by atoms with E-state index >= 15 is 0 Å². The molecular weight excluding hydrogens is 331 g/mol. The monoisotopic (exact) mass is 352 g/mol. The Morgan fingerprint density at radius 1 is 0.920 bits per heavy atom. The predicted octanol–water partition coefficient (Wildman–Crippen LogP) is 3.11. The van der Waals surface area contributed by atoms with E-state index in [0.717, 1.165) is 17.2 Å². The summed E-state index contributed by atoms with van der Waals surface area (Å²) in [6, 6.07) is 0. The molecule has 0 aliphatic heterocycles. The zero-order valence-electron chi connectivity index (χ0n) is 13.9. The molecule has 1 aromatic heterocycles. The molecule has 1 rings (SSSR count). The van der Waals surface area contributed by atoms with E-state index in [1.807, 2.05) is 0 Å². The molecule has 0 fully saturated rings. The second kappa shape index (κ2) is 11.7. The molecule has 0 radical (unpaired) electrons. The van der Waals surface area contributed by atoms with Gasteiger partial charge >= 0.3 is 5.69 Å². The minimum absolute atomic E-state index is 0.128. The van der Waals surface area contributed by atoms with Crippen molar-refractivity contribution in [3.63, 3.8) is 0 Å². The molecule has 0 aromatic carbocycles. The van der Waals surface area contributed by atoms with Gasteiger partial charge in [-0.3, -0.25) is 13.9 Å². The Morgan fingerprint density at radius 2 is 1.48 bits per heavy atom. The third kappa shape index (κ3) is 7.11. The zero-order chi connectivity index (χ0) is 18.5. The van der Waals surface area contributed by atoms with E-state index in [1.165, 1.54) is 4.57 Å². The van der Waals surface area contributed by atoms with E-state index in [0.29, 0.717) is 51.7 Å². The van der Waals surface area contributed by atoms with Crippen LogP contribution in [0.15, 0.2) is 26.0 Å². The number of azide groups is 2. The van der Waals surface area contributed by atoms with Gasteiger partial charge in [-0.1, -0.05) is 23.1 Å². The molecule has 0 unspecified atom stereocenters. The summed E-state index contributed by atoms with van der Waals surface area (Å²) < 4.78 is 15.9. The summed E-state index contributed by atoms with van der Waals surface area (Å²) >= 11 is 0. The summed E-state index contributed by atoms with van der Waals surface area (Å²) in [5.41, 5.74) is 14.9. The van der Waals surface area contributed by atoms with Crippen LogP contribution in [-0.4, -0.2) is 22.2 Å². The highest BCUT2D eigenvalue weighted by atomic mass is 19.1. The van der Waals surface area contributed by atoms with Crippen molar-refractivity contribution in [2.75, 3.05) is 13.1 Å². The SMILES string of the molecule is [N-]=[N+]=NCCCCCn1cc(F)c(=O)n(CCCCCN=[N+]=[N-])c1=O. The molecule has 0 spiro atoms. The number of rotatable bonds is 12. The summed E-state index contributed by atoms with van der Waals surface area (Å²) in [4.78, 5) is 29.4. The lowest BCUT2D eigenvalue weighted by atomic mass is 10.2. The standard InChI is InChI=1S/C14H21FN8O2/c15-12-11-22(9-5-1-3-7-18-20-16)14(25)23(13(12)24)10-6-2-4-8-19-21-17/h11H,1-10H2. The first kappa shape index (κ1) is 20.3. The van der Waals surface area contributed by atoms with Crippen LogP contribution in [0.3, 0.4) is 0 Å². The Bertz CT molecular complexity index is 759. The number of unbranched alkanes of at least 4 members (excludes halogenated alkanes) is 4. The van der Waals surface area contributed by atoms with Gasteiger partial charge in [0, 0.05) is 36.0 Å². The quantitative estimate of drug-likeness (QED) is 0.246. The summed E-state index contributed by atoms with van der Waals surface area (Å²) in [5.74, 6) is -0.956. The Kier molecular flexibility index (Phi) is 9.50. The van der Waals surface area contributed by atoms with Crippen LogP contribution in [0.4, 0.5) is 4.39 Å². The third-order valence-corrected chi connectivity index (χ3v) is 3.62. The molecule has 10 nitrogen and oxygen atoms in total. The normalized spacial score (nSPS) is 10.1. The number of halogens is 1. The third-order valence-electron chi connectivity index (χ3n) is 3.62. The van der Waals surface area contributed by atoms with Gasteiger partial charge in [0.25, 0.3) is 5.56 Å². The van der Waals surface area contributed by atoms with Gasteiger partial charge in [0.2, 0.25) is 5.82 Å². The van der Waals surface area contributed by atoms with Gasteiger partial charge in [-0.2, -0.15) is 4.39 Å². The first-order valence-electron chi connectivity index (χ1n) is 8.13. The van der Waals surface area contributed by atoms with E-state index in [2.05, 4.69) is 20.1 Å². The lowest BCUT2D eigenvalue weighted by Crippen LogP contribution is -2.41. The van der Waals surface area contributed by atoms with E-state index in [4.69, 9.17) is 11.1 Å². The molecule has 0 aliphatic rings. The number of aromatic nitrogens is 2. The molecule has 0 N–H and O–H groups in total. The summed E-state index contributed by atoms with van der Waals surface area (Å²) in [6.07, 6.45) is 4.80. The number of aryl methyl sites for hydroxylation is 1. The van der Waals surface area contributed by atoms with Crippen molar-refractivity contribution < 1.29 is 4.39 Å². The zero-order valence-corrected chi connectivity index (χ0v) is 13.9. The topological polar surface area (TPSA) is 142 Å². The van der Waals surface area contributed by atoms with Crippen molar-refractivity contribution in [1.82, 2.24) is 9.13 Å². The highest BCUT2D eigenvalue weighted by Gasteiger charge is 2.10. The maximum Gasteiger partial charge on any atom is 0.331 e. The molecule has 0 amide bonds. The Balaban J connectivity index is 2.64. The Labute approximate surface area is 143 Å². The van der Waals surface area contributed by atoms with Gasteiger partial charge in [-0.05, 0) is 36.7 Å². The number of hydrogen-bond donors (Lipinski definition) is 0. The summed E-state index contributed by atoms with van der Waals surface area (Å²) in [7, 11) is 0. The molecule has 0 saturated heterocycles. The van der Waals surface area contributed by atoms with Crippen molar-refractivity contribution >= 4 is 0 Å². The second-order valence-electron chi connectivity index (χ2n) is 5.44. The first-order chi connectivity index (χ1) is 12.1. The van der Waals surface area contributed by atoms with Crippen LogP contribution in [-0.2, 0) is 13.1 Å². The highest BCUT2D eigenvalue weighted by Crippen LogP contribution is 2.00.